The molecule has 0 radical (unpaired) electrons. The van der Waals surface area contributed by atoms with Crippen LogP contribution in [0, 0.1) is 0 Å². The molecule has 0 spiro atoms. The van der Waals surface area contributed by atoms with Crippen LogP contribution in [0.25, 0.3) is 11.0 Å². The highest BCUT2D eigenvalue weighted by atomic mass is 16.5. The van der Waals surface area contributed by atoms with E-state index in [1.54, 1.807) is 23.0 Å². The molecule has 140 valence electrons. The minimum absolute atomic E-state index is 0.0729. The number of benzene rings is 1. The topological polar surface area (TPSA) is 115 Å². The van der Waals surface area contributed by atoms with Crippen molar-refractivity contribution in [1.82, 2.24) is 20.6 Å². The number of hydrogen-bond acceptors (Lipinski definition) is 6. The van der Waals surface area contributed by atoms with E-state index in [-0.39, 0.29) is 16.8 Å². The molecule has 2 amide bonds. The summed E-state index contributed by atoms with van der Waals surface area (Å²) in [4.78, 5) is 36.3. The summed E-state index contributed by atoms with van der Waals surface area (Å²) >= 11 is 0. The Labute approximate surface area is 153 Å². The molecule has 2 heterocycles. The molecule has 0 saturated carbocycles. The minimum atomic E-state index is -0.686. The van der Waals surface area contributed by atoms with Crippen molar-refractivity contribution in [2.45, 2.75) is 20.4 Å². The number of aryl methyl sites for hydroxylation is 1. The predicted molar refractivity (Wildman–Crippen MR) is 96.5 cm³/mol. The Morgan fingerprint density at radius 2 is 1.93 bits per heavy atom. The summed E-state index contributed by atoms with van der Waals surface area (Å²) in [7, 11) is 0. The Balaban J connectivity index is 1.80. The van der Waals surface area contributed by atoms with Crippen LogP contribution in [0.5, 0.6) is 5.75 Å². The number of fused-ring (bicyclic) bond motifs is 1. The lowest BCUT2D eigenvalue weighted by atomic mass is 10.1. The van der Waals surface area contributed by atoms with Gasteiger partial charge in [-0.3, -0.25) is 25.1 Å². The third kappa shape index (κ3) is 3.97. The first-order chi connectivity index (χ1) is 13.0. The van der Waals surface area contributed by atoms with E-state index < -0.39 is 17.4 Å². The lowest BCUT2D eigenvalue weighted by molar-refractivity contribution is 0.0844. The fraction of sp³-hybridized carbons (Fsp3) is 0.222. The zero-order chi connectivity index (χ0) is 19.4. The largest absolute Gasteiger partial charge is 0.494 e. The molecule has 9 nitrogen and oxygen atoms in total. The molecular weight excluding hydrogens is 352 g/mol. The highest BCUT2D eigenvalue weighted by Crippen LogP contribution is 2.22. The Kier molecular flexibility index (Phi) is 5.20. The van der Waals surface area contributed by atoms with Gasteiger partial charge in [-0.2, -0.15) is 5.10 Å². The molecule has 0 aliphatic rings. The van der Waals surface area contributed by atoms with Gasteiger partial charge in [0.05, 0.1) is 12.2 Å². The molecule has 0 bridgehead atoms. The summed E-state index contributed by atoms with van der Waals surface area (Å²) in [6.45, 7) is 4.79. The predicted octanol–water partition coefficient (Wildman–Crippen LogP) is 1.48. The number of nitrogens with zero attached hydrogens (tertiary/aromatic N) is 2. The van der Waals surface area contributed by atoms with Crippen LogP contribution >= 0.6 is 0 Å². The maximum absolute atomic E-state index is 12.5. The Hall–Kier alpha value is -3.62. The lowest BCUT2D eigenvalue weighted by Gasteiger charge is -2.09. The van der Waals surface area contributed by atoms with Crippen molar-refractivity contribution in [2.75, 3.05) is 6.61 Å². The Morgan fingerprint density at radius 3 is 2.63 bits per heavy atom. The van der Waals surface area contributed by atoms with Gasteiger partial charge in [0.25, 0.3) is 11.8 Å². The fourth-order valence-corrected chi connectivity index (χ4v) is 2.49. The number of nitrogens with one attached hydrogen (secondary N) is 2. The van der Waals surface area contributed by atoms with Crippen molar-refractivity contribution in [3.8, 4) is 5.75 Å². The highest BCUT2D eigenvalue weighted by Gasteiger charge is 2.16. The molecule has 1 aromatic carbocycles. The van der Waals surface area contributed by atoms with Crippen molar-refractivity contribution in [3.63, 3.8) is 0 Å². The number of rotatable bonds is 5. The molecule has 2 aromatic heterocycles. The zero-order valence-electron chi connectivity index (χ0n) is 14.8. The van der Waals surface area contributed by atoms with Gasteiger partial charge >= 0.3 is 5.63 Å². The molecule has 0 aliphatic heterocycles. The van der Waals surface area contributed by atoms with Gasteiger partial charge in [0.2, 0.25) is 0 Å². The lowest BCUT2D eigenvalue weighted by Crippen LogP contribution is -2.42. The van der Waals surface area contributed by atoms with Crippen molar-refractivity contribution in [2.24, 2.45) is 0 Å². The van der Waals surface area contributed by atoms with Crippen LogP contribution in [-0.2, 0) is 6.54 Å². The van der Waals surface area contributed by atoms with Crippen LogP contribution in [0.4, 0.5) is 0 Å². The van der Waals surface area contributed by atoms with E-state index in [1.807, 2.05) is 13.8 Å². The monoisotopic (exact) mass is 370 g/mol. The molecule has 27 heavy (non-hydrogen) atoms. The number of carbonyl (C=O) groups is 2. The van der Waals surface area contributed by atoms with Crippen LogP contribution in [0.2, 0.25) is 0 Å². The minimum Gasteiger partial charge on any atom is -0.494 e. The van der Waals surface area contributed by atoms with Gasteiger partial charge in [0, 0.05) is 30.3 Å². The van der Waals surface area contributed by atoms with E-state index in [4.69, 9.17) is 9.15 Å². The SMILES string of the molecule is CCOc1ccc2c(C(=O)NNC(=O)c3ccn(CC)n3)cc(=O)oc2c1. The van der Waals surface area contributed by atoms with E-state index in [0.717, 1.165) is 6.07 Å². The second-order valence-corrected chi connectivity index (χ2v) is 5.54. The molecule has 0 saturated heterocycles. The summed E-state index contributed by atoms with van der Waals surface area (Å²) < 4.78 is 12.1. The summed E-state index contributed by atoms with van der Waals surface area (Å²) in [5.41, 5.74) is 4.33. The number of hydrazine groups is 1. The molecule has 3 aromatic rings. The van der Waals surface area contributed by atoms with Crippen molar-refractivity contribution < 1.29 is 18.7 Å². The molecular formula is C18H18N4O5. The molecule has 9 heteroatoms. The van der Waals surface area contributed by atoms with Gasteiger partial charge in [-0.05, 0) is 32.0 Å². The molecule has 3 rings (SSSR count). The average Bonchev–Trinajstić information content (AvgIpc) is 3.14. The first kappa shape index (κ1) is 18.2. The van der Waals surface area contributed by atoms with Crippen LogP contribution < -0.4 is 21.2 Å². The molecule has 0 aliphatic carbocycles. The van der Waals surface area contributed by atoms with Crippen LogP contribution in [0.1, 0.15) is 34.7 Å². The van der Waals surface area contributed by atoms with Crippen molar-refractivity contribution >= 4 is 22.8 Å². The maximum Gasteiger partial charge on any atom is 0.337 e. The second-order valence-electron chi connectivity index (χ2n) is 5.54. The van der Waals surface area contributed by atoms with Gasteiger partial charge in [-0.15, -0.1) is 0 Å². The van der Waals surface area contributed by atoms with E-state index in [0.29, 0.717) is 24.3 Å². The molecule has 2 N–H and O–H groups in total. The number of aromatic nitrogens is 2. The number of ether oxygens (including phenoxy) is 1. The zero-order valence-corrected chi connectivity index (χ0v) is 14.8. The third-order valence-corrected chi connectivity index (χ3v) is 3.76. The van der Waals surface area contributed by atoms with Gasteiger partial charge in [-0.1, -0.05) is 0 Å². The van der Waals surface area contributed by atoms with Crippen LogP contribution in [0.15, 0.2) is 45.7 Å². The van der Waals surface area contributed by atoms with Crippen molar-refractivity contribution in [3.05, 3.63) is 58.2 Å². The first-order valence-electron chi connectivity index (χ1n) is 8.36. The van der Waals surface area contributed by atoms with Crippen LogP contribution in [0.3, 0.4) is 0 Å². The van der Waals surface area contributed by atoms with Gasteiger partial charge in [0.15, 0.2) is 5.69 Å². The normalized spacial score (nSPS) is 10.6. The number of carbonyl (C=O) groups excluding carboxylic acids is 2. The average molecular weight is 370 g/mol. The summed E-state index contributed by atoms with van der Waals surface area (Å²) in [6, 6.07) is 7.41. The second kappa shape index (κ2) is 7.73. The first-order valence-corrected chi connectivity index (χ1v) is 8.36. The van der Waals surface area contributed by atoms with E-state index >= 15 is 0 Å². The Morgan fingerprint density at radius 1 is 1.15 bits per heavy atom. The smallest absolute Gasteiger partial charge is 0.337 e. The molecule has 0 atom stereocenters. The fourth-order valence-electron chi connectivity index (χ4n) is 2.49. The van der Waals surface area contributed by atoms with E-state index in [1.165, 1.54) is 12.1 Å². The standard InChI is InChI=1S/C18H18N4O5/c1-3-22-8-7-14(21-22)18(25)20-19-17(24)13-10-16(23)27-15-9-11(26-4-2)5-6-12(13)15/h5-10H,3-4H2,1-2H3,(H,19,24)(H,20,25). The Bertz CT molecular complexity index is 1050. The molecule has 0 unspecified atom stereocenters. The maximum atomic E-state index is 12.5. The van der Waals surface area contributed by atoms with E-state index in [9.17, 15) is 14.4 Å². The highest BCUT2D eigenvalue weighted by molar-refractivity contribution is 6.06. The van der Waals surface area contributed by atoms with Gasteiger partial charge in [-0.25, -0.2) is 4.79 Å². The number of hydrogen-bond donors (Lipinski definition) is 2. The summed E-state index contributed by atoms with van der Waals surface area (Å²) in [6.07, 6.45) is 1.66. The molecule has 0 fully saturated rings. The number of amides is 2. The van der Waals surface area contributed by atoms with E-state index in [2.05, 4.69) is 16.0 Å². The summed E-state index contributed by atoms with van der Waals surface area (Å²) in [5.74, 6) is -0.702. The quantitative estimate of drug-likeness (QED) is 0.519. The van der Waals surface area contributed by atoms with Crippen LogP contribution in [-0.4, -0.2) is 28.2 Å². The van der Waals surface area contributed by atoms with Gasteiger partial charge < -0.3 is 9.15 Å². The van der Waals surface area contributed by atoms with Gasteiger partial charge in [0.1, 0.15) is 11.3 Å². The van der Waals surface area contributed by atoms with Crippen molar-refractivity contribution in [1.29, 1.82) is 0 Å². The third-order valence-electron chi connectivity index (χ3n) is 3.76. The summed E-state index contributed by atoms with van der Waals surface area (Å²) in [5, 5.41) is 4.46.